The van der Waals surface area contributed by atoms with Crippen LogP contribution < -0.4 is 0 Å². The molecule has 3 aliphatic rings. The van der Waals surface area contributed by atoms with Gasteiger partial charge in [-0.2, -0.15) is 0 Å². The number of rotatable bonds is 5. The summed E-state index contributed by atoms with van der Waals surface area (Å²) >= 11 is 3.52. The van der Waals surface area contributed by atoms with Gasteiger partial charge in [-0.05, 0) is 49.9 Å². The molecule has 2 nitrogen and oxygen atoms in total. The fourth-order valence-electron chi connectivity index (χ4n) is 4.79. The minimum Gasteiger partial charge on any atom is -0.339 e. The third kappa shape index (κ3) is 3.01. The zero-order valence-electron chi connectivity index (χ0n) is 11.8. The lowest BCUT2D eigenvalue weighted by Crippen LogP contribution is -2.41. The Bertz CT molecular complexity index is 327. The van der Waals surface area contributed by atoms with Gasteiger partial charge in [0.15, 0.2) is 0 Å². The Hall–Kier alpha value is -0.0500. The third-order valence-corrected chi connectivity index (χ3v) is 6.09. The first-order valence-corrected chi connectivity index (χ1v) is 9.25. The van der Waals surface area contributed by atoms with Crippen LogP contribution in [0.2, 0.25) is 0 Å². The SMILES string of the molecule is O=C(CC1CC2CCC1C2)N(CCBr)C1CCCC1. The molecule has 3 unspecified atom stereocenters. The van der Waals surface area contributed by atoms with Crippen LogP contribution in [0.5, 0.6) is 0 Å². The summed E-state index contributed by atoms with van der Waals surface area (Å²) in [6.45, 7) is 0.907. The van der Waals surface area contributed by atoms with E-state index in [1.807, 2.05) is 0 Å². The number of carbonyl (C=O) groups excluding carboxylic acids is 1. The molecule has 0 spiro atoms. The van der Waals surface area contributed by atoms with Crippen LogP contribution in [0.1, 0.15) is 57.8 Å². The molecule has 0 aromatic heterocycles. The highest BCUT2D eigenvalue weighted by molar-refractivity contribution is 9.09. The topological polar surface area (TPSA) is 20.3 Å². The molecule has 0 aliphatic heterocycles. The van der Waals surface area contributed by atoms with Crippen LogP contribution in [0, 0.1) is 17.8 Å². The lowest BCUT2D eigenvalue weighted by molar-refractivity contribution is -0.134. The van der Waals surface area contributed by atoms with E-state index >= 15 is 0 Å². The van der Waals surface area contributed by atoms with Crippen molar-refractivity contribution >= 4 is 21.8 Å². The number of hydrogen-bond donors (Lipinski definition) is 0. The number of halogens is 1. The monoisotopic (exact) mass is 327 g/mol. The largest absolute Gasteiger partial charge is 0.339 e. The van der Waals surface area contributed by atoms with Crippen molar-refractivity contribution in [3.05, 3.63) is 0 Å². The highest BCUT2D eigenvalue weighted by atomic mass is 79.9. The Kier molecular flexibility index (Phi) is 4.51. The summed E-state index contributed by atoms with van der Waals surface area (Å²) in [6, 6.07) is 0.545. The first-order chi connectivity index (χ1) is 9.28. The molecule has 3 heteroatoms. The summed E-state index contributed by atoms with van der Waals surface area (Å²) in [6.07, 6.45) is 11.5. The van der Waals surface area contributed by atoms with Crippen molar-refractivity contribution in [1.29, 1.82) is 0 Å². The summed E-state index contributed by atoms with van der Waals surface area (Å²) in [5, 5.41) is 0.923. The van der Waals surface area contributed by atoms with Gasteiger partial charge >= 0.3 is 0 Å². The summed E-state index contributed by atoms with van der Waals surface area (Å²) in [7, 11) is 0. The molecule has 0 aromatic carbocycles. The van der Waals surface area contributed by atoms with Crippen molar-refractivity contribution in [1.82, 2.24) is 4.90 Å². The van der Waals surface area contributed by atoms with E-state index in [0.717, 1.165) is 30.1 Å². The molecular weight excluding hydrogens is 302 g/mol. The van der Waals surface area contributed by atoms with Crippen LogP contribution in [-0.4, -0.2) is 28.7 Å². The van der Waals surface area contributed by atoms with E-state index in [2.05, 4.69) is 20.8 Å². The van der Waals surface area contributed by atoms with Crippen molar-refractivity contribution in [2.75, 3.05) is 11.9 Å². The summed E-state index contributed by atoms with van der Waals surface area (Å²) in [4.78, 5) is 14.9. The highest BCUT2D eigenvalue weighted by Gasteiger charge is 2.41. The Morgan fingerprint density at radius 1 is 1.11 bits per heavy atom. The first kappa shape index (κ1) is 13.9. The van der Waals surface area contributed by atoms with Crippen LogP contribution >= 0.6 is 15.9 Å². The average molecular weight is 328 g/mol. The van der Waals surface area contributed by atoms with E-state index in [1.54, 1.807) is 0 Å². The number of amides is 1. The van der Waals surface area contributed by atoms with Gasteiger partial charge in [-0.3, -0.25) is 4.79 Å². The van der Waals surface area contributed by atoms with Gasteiger partial charge in [-0.25, -0.2) is 0 Å². The Labute approximate surface area is 125 Å². The molecule has 0 N–H and O–H groups in total. The summed E-state index contributed by atoms with van der Waals surface area (Å²) < 4.78 is 0. The van der Waals surface area contributed by atoms with E-state index in [9.17, 15) is 4.79 Å². The van der Waals surface area contributed by atoms with Gasteiger partial charge in [0.25, 0.3) is 0 Å². The average Bonchev–Trinajstić information content (AvgIpc) is 3.12. The van der Waals surface area contributed by atoms with Gasteiger partial charge < -0.3 is 4.90 Å². The Morgan fingerprint density at radius 3 is 2.47 bits per heavy atom. The fraction of sp³-hybridized carbons (Fsp3) is 0.938. The number of fused-ring (bicyclic) bond motifs is 2. The van der Waals surface area contributed by atoms with E-state index in [4.69, 9.17) is 0 Å². The maximum absolute atomic E-state index is 12.7. The molecule has 3 atom stereocenters. The van der Waals surface area contributed by atoms with Crippen molar-refractivity contribution in [2.24, 2.45) is 17.8 Å². The third-order valence-electron chi connectivity index (χ3n) is 5.73. The van der Waals surface area contributed by atoms with E-state index in [1.165, 1.54) is 51.4 Å². The second-order valence-electron chi connectivity index (χ2n) is 6.85. The molecule has 19 heavy (non-hydrogen) atoms. The molecule has 0 radical (unpaired) electrons. The van der Waals surface area contributed by atoms with Crippen molar-refractivity contribution in [3.8, 4) is 0 Å². The molecule has 3 aliphatic carbocycles. The highest BCUT2D eigenvalue weighted by Crippen LogP contribution is 2.49. The van der Waals surface area contributed by atoms with Gasteiger partial charge in [0.2, 0.25) is 5.91 Å². The predicted molar refractivity (Wildman–Crippen MR) is 81.3 cm³/mol. The second-order valence-corrected chi connectivity index (χ2v) is 7.65. The standard InChI is InChI=1S/C16H26BrNO/c17-7-8-18(15-3-1-2-4-15)16(19)11-14-10-12-5-6-13(14)9-12/h12-15H,1-11H2. The molecule has 0 saturated heterocycles. The minimum absolute atomic E-state index is 0.448. The van der Waals surface area contributed by atoms with Crippen molar-refractivity contribution < 1.29 is 4.79 Å². The zero-order valence-corrected chi connectivity index (χ0v) is 13.4. The van der Waals surface area contributed by atoms with E-state index in [0.29, 0.717) is 17.9 Å². The normalized spacial score (nSPS) is 34.1. The molecule has 3 fully saturated rings. The lowest BCUT2D eigenvalue weighted by Gasteiger charge is -2.31. The predicted octanol–water partition coefficient (Wildman–Crippen LogP) is 3.98. The number of alkyl halides is 1. The fourth-order valence-corrected chi connectivity index (χ4v) is 5.17. The second kappa shape index (κ2) is 6.15. The molecule has 1 amide bonds. The molecule has 2 bridgehead atoms. The van der Waals surface area contributed by atoms with Crippen LogP contribution in [0.25, 0.3) is 0 Å². The maximum atomic E-state index is 12.7. The molecule has 3 rings (SSSR count). The number of nitrogens with zero attached hydrogens (tertiary/aromatic N) is 1. The zero-order chi connectivity index (χ0) is 13.2. The van der Waals surface area contributed by atoms with Gasteiger partial charge in [-0.1, -0.05) is 35.2 Å². The van der Waals surface area contributed by atoms with Gasteiger partial charge in [0, 0.05) is 24.3 Å². The molecule has 108 valence electrons. The Balaban J connectivity index is 1.57. The molecule has 0 heterocycles. The Morgan fingerprint density at radius 2 is 1.89 bits per heavy atom. The molecule has 0 aromatic rings. The summed E-state index contributed by atoms with van der Waals surface area (Å²) in [5.41, 5.74) is 0. The van der Waals surface area contributed by atoms with Crippen molar-refractivity contribution in [2.45, 2.75) is 63.8 Å². The summed E-state index contributed by atoms with van der Waals surface area (Å²) in [5.74, 6) is 3.00. The van der Waals surface area contributed by atoms with Gasteiger partial charge in [0.05, 0.1) is 0 Å². The van der Waals surface area contributed by atoms with Gasteiger partial charge in [0.1, 0.15) is 0 Å². The molecular formula is C16H26BrNO. The van der Waals surface area contributed by atoms with Crippen LogP contribution in [0.3, 0.4) is 0 Å². The van der Waals surface area contributed by atoms with Crippen LogP contribution in [-0.2, 0) is 4.79 Å². The van der Waals surface area contributed by atoms with Crippen LogP contribution in [0.15, 0.2) is 0 Å². The number of hydrogen-bond acceptors (Lipinski definition) is 1. The quantitative estimate of drug-likeness (QED) is 0.699. The maximum Gasteiger partial charge on any atom is 0.223 e. The molecule has 3 saturated carbocycles. The lowest BCUT2D eigenvalue weighted by atomic mass is 9.86. The van der Waals surface area contributed by atoms with E-state index in [-0.39, 0.29) is 0 Å². The van der Waals surface area contributed by atoms with Crippen molar-refractivity contribution in [3.63, 3.8) is 0 Å². The first-order valence-electron chi connectivity index (χ1n) is 8.13. The number of carbonyl (C=O) groups is 1. The minimum atomic E-state index is 0.448. The van der Waals surface area contributed by atoms with Gasteiger partial charge in [-0.15, -0.1) is 0 Å². The smallest absolute Gasteiger partial charge is 0.223 e. The van der Waals surface area contributed by atoms with E-state index < -0.39 is 0 Å². The van der Waals surface area contributed by atoms with Crippen LogP contribution in [0.4, 0.5) is 0 Å².